The summed E-state index contributed by atoms with van der Waals surface area (Å²) in [5.41, 5.74) is 0. The van der Waals surface area contributed by atoms with Crippen molar-refractivity contribution in [3.63, 3.8) is 0 Å². The van der Waals surface area contributed by atoms with Gasteiger partial charge in [-0.1, -0.05) is 22.0 Å². The first-order valence-corrected chi connectivity index (χ1v) is 6.44. The van der Waals surface area contributed by atoms with E-state index in [1.807, 2.05) is 0 Å². The molecule has 0 amide bonds. The van der Waals surface area contributed by atoms with Crippen molar-refractivity contribution in [3.8, 4) is 0 Å². The van der Waals surface area contributed by atoms with Crippen LogP contribution in [-0.4, -0.2) is 34.3 Å². The number of hydrogen-bond donors (Lipinski definition) is 1. The van der Waals surface area contributed by atoms with E-state index in [1.165, 1.54) is 7.11 Å². The molecule has 16 heavy (non-hydrogen) atoms. The number of ether oxygens (including phenoxy) is 1. The smallest absolute Gasteiger partial charge is 0.322 e. The number of hydrogen-bond acceptors (Lipinski definition) is 3. The van der Waals surface area contributed by atoms with Crippen LogP contribution in [0.25, 0.3) is 0 Å². The minimum atomic E-state index is -1.62. The zero-order chi connectivity index (χ0) is 12.1. The van der Waals surface area contributed by atoms with Crippen molar-refractivity contribution in [2.75, 3.05) is 13.7 Å². The van der Waals surface area contributed by atoms with Gasteiger partial charge in [0.05, 0.1) is 17.4 Å². The Morgan fingerprint density at radius 1 is 1.62 bits per heavy atom. The molecule has 0 aliphatic carbocycles. The van der Waals surface area contributed by atoms with Gasteiger partial charge in [-0.2, -0.15) is 0 Å². The standard InChI is InChI=1S/C10H11BrO4S/c1-15-6-9(10(12)13)16(14)8-4-2-3-7(11)5-8/h2-5,9H,6H2,1H3,(H,12,13). The molecule has 4 nitrogen and oxygen atoms in total. The van der Waals surface area contributed by atoms with E-state index in [-0.39, 0.29) is 6.61 Å². The van der Waals surface area contributed by atoms with Crippen LogP contribution in [0.2, 0.25) is 0 Å². The second-order valence-corrected chi connectivity index (χ2v) is 5.59. The number of benzene rings is 1. The second-order valence-electron chi connectivity index (χ2n) is 3.04. The van der Waals surface area contributed by atoms with Crippen LogP contribution in [0, 0.1) is 0 Å². The summed E-state index contributed by atoms with van der Waals surface area (Å²) < 4.78 is 17.5. The fraction of sp³-hybridized carbons (Fsp3) is 0.300. The van der Waals surface area contributed by atoms with Crippen molar-refractivity contribution in [1.82, 2.24) is 0 Å². The zero-order valence-electron chi connectivity index (χ0n) is 8.55. The number of carboxylic acid groups (broad SMARTS) is 1. The van der Waals surface area contributed by atoms with E-state index in [9.17, 15) is 9.00 Å². The molecule has 0 spiro atoms. The van der Waals surface area contributed by atoms with E-state index >= 15 is 0 Å². The van der Waals surface area contributed by atoms with Gasteiger partial charge in [-0.3, -0.25) is 9.00 Å². The van der Waals surface area contributed by atoms with Crippen LogP contribution in [0.3, 0.4) is 0 Å². The lowest BCUT2D eigenvalue weighted by Gasteiger charge is -2.11. The van der Waals surface area contributed by atoms with Gasteiger partial charge in [0.1, 0.15) is 0 Å². The highest BCUT2D eigenvalue weighted by molar-refractivity contribution is 9.10. The summed E-state index contributed by atoms with van der Waals surface area (Å²) in [7, 11) is -0.233. The Morgan fingerprint density at radius 3 is 2.81 bits per heavy atom. The van der Waals surface area contributed by atoms with Gasteiger partial charge in [0, 0.05) is 16.5 Å². The zero-order valence-corrected chi connectivity index (χ0v) is 11.0. The third-order valence-corrected chi connectivity index (χ3v) is 3.95. The predicted molar refractivity (Wildman–Crippen MR) is 63.9 cm³/mol. The number of rotatable bonds is 5. The summed E-state index contributed by atoms with van der Waals surface area (Å²) in [5, 5.41) is 7.88. The minimum absolute atomic E-state index is 0.0749. The molecule has 0 saturated carbocycles. The van der Waals surface area contributed by atoms with Gasteiger partial charge in [0.25, 0.3) is 0 Å². The third kappa shape index (κ3) is 3.40. The Bertz CT molecular complexity index is 408. The summed E-state index contributed by atoms with van der Waals surface area (Å²) in [6, 6.07) is 6.77. The Labute approximate surface area is 104 Å². The molecule has 0 fully saturated rings. The van der Waals surface area contributed by atoms with Crippen LogP contribution in [0.5, 0.6) is 0 Å². The van der Waals surface area contributed by atoms with E-state index in [4.69, 9.17) is 9.84 Å². The van der Waals surface area contributed by atoms with Crippen LogP contribution in [0.4, 0.5) is 0 Å². The van der Waals surface area contributed by atoms with E-state index < -0.39 is 22.0 Å². The molecule has 2 atom stereocenters. The number of carbonyl (C=O) groups is 1. The van der Waals surface area contributed by atoms with Gasteiger partial charge in [0.2, 0.25) is 0 Å². The lowest BCUT2D eigenvalue weighted by atomic mass is 10.4. The molecule has 0 saturated heterocycles. The lowest BCUT2D eigenvalue weighted by molar-refractivity contribution is -0.137. The molecule has 1 N–H and O–H groups in total. The first-order valence-electron chi connectivity index (χ1n) is 4.44. The first-order chi connectivity index (χ1) is 7.56. The van der Waals surface area contributed by atoms with Crippen LogP contribution in [0.1, 0.15) is 0 Å². The topological polar surface area (TPSA) is 63.6 Å². The molecule has 1 aromatic carbocycles. The molecule has 1 rings (SSSR count). The van der Waals surface area contributed by atoms with Crippen LogP contribution in [-0.2, 0) is 20.3 Å². The van der Waals surface area contributed by atoms with Crippen molar-refractivity contribution in [3.05, 3.63) is 28.7 Å². The highest BCUT2D eigenvalue weighted by atomic mass is 79.9. The average Bonchev–Trinajstić information content (AvgIpc) is 2.24. The fourth-order valence-electron chi connectivity index (χ4n) is 1.13. The summed E-state index contributed by atoms with van der Waals surface area (Å²) in [6.07, 6.45) is 0. The number of aliphatic carboxylic acids is 1. The fourth-order valence-corrected chi connectivity index (χ4v) is 2.91. The van der Waals surface area contributed by atoms with Crippen molar-refractivity contribution < 1.29 is 18.8 Å². The van der Waals surface area contributed by atoms with Crippen molar-refractivity contribution in [2.45, 2.75) is 10.1 Å². The van der Waals surface area contributed by atoms with E-state index in [0.29, 0.717) is 4.90 Å². The quantitative estimate of drug-likeness (QED) is 0.898. The van der Waals surface area contributed by atoms with Crippen LogP contribution in [0.15, 0.2) is 33.6 Å². The minimum Gasteiger partial charge on any atom is -0.480 e. The summed E-state index contributed by atoms with van der Waals surface area (Å²) in [5.74, 6) is -1.12. The normalized spacial score (nSPS) is 14.4. The van der Waals surface area contributed by atoms with Gasteiger partial charge in [-0.25, -0.2) is 0 Å². The molecule has 0 aliphatic rings. The molecule has 88 valence electrons. The Kier molecular flexibility index (Phi) is 5.11. The Hall–Kier alpha value is -0.720. The Morgan fingerprint density at radius 2 is 2.31 bits per heavy atom. The number of carboxylic acids is 1. The largest absolute Gasteiger partial charge is 0.480 e. The SMILES string of the molecule is COCC(C(=O)O)S(=O)c1cccc(Br)c1. The highest BCUT2D eigenvalue weighted by Gasteiger charge is 2.25. The highest BCUT2D eigenvalue weighted by Crippen LogP contribution is 2.17. The number of halogens is 1. The van der Waals surface area contributed by atoms with Gasteiger partial charge < -0.3 is 9.84 Å². The van der Waals surface area contributed by atoms with E-state index in [1.54, 1.807) is 24.3 Å². The van der Waals surface area contributed by atoms with Gasteiger partial charge in [-0.05, 0) is 18.2 Å². The van der Waals surface area contributed by atoms with Gasteiger partial charge in [0.15, 0.2) is 5.25 Å². The molecule has 1 aromatic rings. The van der Waals surface area contributed by atoms with Crippen molar-refractivity contribution in [2.24, 2.45) is 0 Å². The van der Waals surface area contributed by atoms with Crippen molar-refractivity contribution >= 4 is 32.7 Å². The molecule has 2 unspecified atom stereocenters. The first kappa shape index (κ1) is 13.3. The molecular weight excluding hydrogens is 296 g/mol. The van der Waals surface area contributed by atoms with Crippen molar-refractivity contribution in [1.29, 1.82) is 0 Å². The van der Waals surface area contributed by atoms with E-state index in [2.05, 4.69) is 15.9 Å². The molecule has 6 heteroatoms. The van der Waals surface area contributed by atoms with Crippen LogP contribution >= 0.6 is 15.9 Å². The van der Waals surface area contributed by atoms with E-state index in [0.717, 1.165) is 4.47 Å². The van der Waals surface area contributed by atoms with Crippen LogP contribution < -0.4 is 0 Å². The molecular formula is C10H11BrO4S. The number of methoxy groups -OCH3 is 1. The lowest BCUT2D eigenvalue weighted by Crippen LogP contribution is -2.30. The maximum Gasteiger partial charge on any atom is 0.322 e. The summed E-state index contributed by atoms with van der Waals surface area (Å²) in [4.78, 5) is 11.4. The molecule has 0 radical (unpaired) electrons. The molecule has 0 bridgehead atoms. The summed E-state index contributed by atoms with van der Waals surface area (Å²) >= 11 is 3.24. The maximum absolute atomic E-state index is 12.0. The summed E-state index contributed by atoms with van der Waals surface area (Å²) in [6.45, 7) is -0.0749. The Balaban J connectivity index is 2.94. The predicted octanol–water partition coefficient (Wildman–Crippen LogP) is 1.66. The average molecular weight is 307 g/mol. The molecule has 0 aromatic heterocycles. The molecule has 0 heterocycles. The molecule has 0 aliphatic heterocycles. The van der Waals surface area contributed by atoms with Gasteiger partial charge >= 0.3 is 5.97 Å². The maximum atomic E-state index is 12.0. The third-order valence-electron chi connectivity index (χ3n) is 1.88. The second kappa shape index (κ2) is 6.12. The monoisotopic (exact) mass is 306 g/mol. The van der Waals surface area contributed by atoms with Gasteiger partial charge in [-0.15, -0.1) is 0 Å².